The number of piperidine rings is 1. The Kier molecular flexibility index (Phi) is 7.87. The summed E-state index contributed by atoms with van der Waals surface area (Å²) in [6.07, 6.45) is -6.42. The molecule has 4 aromatic rings. The molecule has 3 aromatic heterocycles. The smallest absolute Gasteiger partial charge is 0.475 e. The fraction of sp³-hybridized carbons (Fsp3) is 0.320. The van der Waals surface area contributed by atoms with E-state index in [0.717, 1.165) is 23.3 Å². The molecule has 214 valence electrons. The van der Waals surface area contributed by atoms with Crippen molar-refractivity contribution in [2.24, 2.45) is 0 Å². The number of aromatic nitrogens is 4. The van der Waals surface area contributed by atoms with Gasteiger partial charge in [-0.05, 0) is 29.8 Å². The van der Waals surface area contributed by atoms with Crippen molar-refractivity contribution in [1.82, 2.24) is 24.3 Å². The number of carboxylic acid groups (broad SMARTS) is 1. The zero-order chi connectivity index (χ0) is 29.3. The largest absolute Gasteiger partial charge is 0.490 e. The quantitative estimate of drug-likeness (QED) is 0.280. The van der Waals surface area contributed by atoms with E-state index in [9.17, 15) is 35.1 Å². The molecule has 5 rings (SSSR count). The number of alkyl halides is 8. The van der Waals surface area contributed by atoms with E-state index >= 15 is 0 Å². The van der Waals surface area contributed by atoms with Gasteiger partial charge in [0.2, 0.25) is 0 Å². The number of imidazole rings is 2. The van der Waals surface area contributed by atoms with Gasteiger partial charge in [-0.1, -0.05) is 18.2 Å². The molecule has 0 amide bonds. The SMILES string of the molecule is FC1(F)CCN(Cc2nc(-c3ncc(-c4ccc(C(F)(F)F)cc4)[nH]3)n3ccccc23)CC1.O=C(O)C(F)(F)F. The molecule has 40 heavy (non-hydrogen) atoms. The van der Waals surface area contributed by atoms with Gasteiger partial charge in [-0.3, -0.25) is 9.30 Å². The number of hydrogen-bond donors (Lipinski definition) is 2. The summed E-state index contributed by atoms with van der Waals surface area (Å²) in [4.78, 5) is 23.1. The maximum Gasteiger partial charge on any atom is 0.490 e. The van der Waals surface area contributed by atoms with Crippen LogP contribution in [0.5, 0.6) is 0 Å². The number of H-pyrrole nitrogens is 1. The molecule has 15 heteroatoms. The third-order valence-electron chi connectivity index (χ3n) is 6.14. The molecule has 0 unspecified atom stereocenters. The first-order valence-electron chi connectivity index (χ1n) is 11.7. The number of benzene rings is 1. The molecular formula is C25H21F8N5O2. The third kappa shape index (κ3) is 6.76. The van der Waals surface area contributed by atoms with Gasteiger partial charge in [-0.2, -0.15) is 26.3 Å². The number of hydrogen-bond acceptors (Lipinski definition) is 4. The molecule has 0 spiro atoms. The fourth-order valence-electron chi connectivity index (χ4n) is 4.06. The van der Waals surface area contributed by atoms with Crippen molar-refractivity contribution in [3.05, 3.63) is 66.1 Å². The second kappa shape index (κ2) is 10.9. The van der Waals surface area contributed by atoms with Crippen LogP contribution in [0.4, 0.5) is 35.1 Å². The highest BCUT2D eigenvalue weighted by molar-refractivity contribution is 5.73. The number of pyridine rings is 1. The summed E-state index contributed by atoms with van der Waals surface area (Å²) in [6.45, 7) is 1.04. The molecule has 1 aliphatic heterocycles. The van der Waals surface area contributed by atoms with E-state index in [1.54, 1.807) is 6.20 Å². The Bertz CT molecular complexity index is 1470. The van der Waals surface area contributed by atoms with Crippen LogP contribution in [-0.2, 0) is 17.5 Å². The van der Waals surface area contributed by atoms with Crippen molar-refractivity contribution in [2.75, 3.05) is 13.1 Å². The molecule has 1 fully saturated rings. The van der Waals surface area contributed by atoms with Gasteiger partial charge >= 0.3 is 18.3 Å². The third-order valence-corrected chi connectivity index (χ3v) is 6.14. The van der Waals surface area contributed by atoms with Gasteiger partial charge in [0.25, 0.3) is 5.92 Å². The lowest BCUT2D eigenvalue weighted by atomic mass is 10.1. The Balaban J connectivity index is 0.000000470. The van der Waals surface area contributed by atoms with Crippen molar-refractivity contribution in [3.63, 3.8) is 0 Å². The molecule has 4 heterocycles. The highest BCUT2D eigenvalue weighted by atomic mass is 19.4. The predicted molar refractivity (Wildman–Crippen MR) is 126 cm³/mol. The molecule has 7 nitrogen and oxygen atoms in total. The van der Waals surface area contributed by atoms with Crippen LogP contribution in [0.1, 0.15) is 24.1 Å². The minimum absolute atomic E-state index is 0.166. The van der Waals surface area contributed by atoms with E-state index in [2.05, 4.69) is 9.97 Å². The Morgan fingerprint density at radius 2 is 1.62 bits per heavy atom. The van der Waals surface area contributed by atoms with Gasteiger partial charge in [0.1, 0.15) is 0 Å². The summed E-state index contributed by atoms with van der Waals surface area (Å²) < 4.78 is 99.1. The van der Waals surface area contributed by atoms with Crippen LogP contribution in [0.15, 0.2) is 54.9 Å². The fourth-order valence-corrected chi connectivity index (χ4v) is 4.06. The van der Waals surface area contributed by atoms with Crippen molar-refractivity contribution in [3.8, 4) is 22.9 Å². The summed E-state index contributed by atoms with van der Waals surface area (Å²) in [5.41, 5.74) is 2.01. The highest BCUT2D eigenvalue weighted by Gasteiger charge is 2.38. The summed E-state index contributed by atoms with van der Waals surface area (Å²) in [6, 6.07) is 10.5. The van der Waals surface area contributed by atoms with E-state index < -0.39 is 29.8 Å². The molecule has 0 bridgehead atoms. The first-order chi connectivity index (χ1) is 18.6. The lowest BCUT2D eigenvalue weighted by Crippen LogP contribution is -2.38. The van der Waals surface area contributed by atoms with Crippen molar-refractivity contribution < 1.29 is 45.0 Å². The molecule has 1 aromatic carbocycles. The number of nitrogens with one attached hydrogen (secondary N) is 1. The molecule has 0 saturated carbocycles. The second-order valence-electron chi connectivity index (χ2n) is 8.99. The summed E-state index contributed by atoms with van der Waals surface area (Å²) >= 11 is 0. The zero-order valence-electron chi connectivity index (χ0n) is 20.4. The standard InChI is InChI=1S/C23H20F5N5.C2HF3O2/c24-22(25)8-11-32(12-9-22)14-18-19-3-1-2-10-33(19)21(31-18)20-29-13-17(30-20)15-4-6-16(7-5-15)23(26,27)28;3-2(4,5)1(6)7/h1-7,10,13H,8-9,11-12,14H2,(H,29,30);(H,6,7). The van der Waals surface area contributed by atoms with E-state index in [4.69, 9.17) is 14.9 Å². The predicted octanol–water partition coefficient (Wildman–Crippen LogP) is 6.27. The van der Waals surface area contributed by atoms with Crippen molar-refractivity contribution in [2.45, 2.75) is 37.7 Å². The topological polar surface area (TPSA) is 86.5 Å². The molecule has 0 radical (unpaired) electrons. The van der Waals surface area contributed by atoms with E-state index in [0.29, 0.717) is 42.5 Å². The monoisotopic (exact) mass is 575 g/mol. The first kappa shape index (κ1) is 29.0. The summed E-state index contributed by atoms with van der Waals surface area (Å²) in [5.74, 6) is -4.36. The number of carbonyl (C=O) groups is 1. The average Bonchev–Trinajstić information content (AvgIpc) is 3.50. The van der Waals surface area contributed by atoms with Gasteiger partial charge in [0.15, 0.2) is 11.6 Å². The highest BCUT2D eigenvalue weighted by Crippen LogP contribution is 2.32. The van der Waals surface area contributed by atoms with E-state index in [1.807, 2.05) is 33.7 Å². The Hall–Kier alpha value is -4.01. The number of likely N-dealkylation sites (tertiary alicyclic amines) is 1. The molecule has 0 atom stereocenters. The molecule has 2 N–H and O–H groups in total. The van der Waals surface area contributed by atoms with Crippen LogP contribution in [0.2, 0.25) is 0 Å². The maximum absolute atomic E-state index is 13.5. The molecule has 1 aliphatic rings. The minimum Gasteiger partial charge on any atom is -0.475 e. The van der Waals surface area contributed by atoms with Gasteiger partial charge in [0, 0.05) is 38.7 Å². The zero-order valence-corrected chi connectivity index (χ0v) is 20.4. The maximum atomic E-state index is 13.5. The number of nitrogens with zero attached hydrogens (tertiary/aromatic N) is 4. The van der Waals surface area contributed by atoms with Crippen molar-refractivity contribution >= 4 is 11.5 Å². The van der Waals surface area contributed by atoms with Crippen LogP contribution in [0, 0.1) is 0 Å². The average molecular weight is 575 g/mol. The number of aromatic amines is 1. The lowest BCUT2D eigenvalue weighted by Gasteiger charge is -2.31. The number of fused-ring (bicyclic) bond motifs is 1. The van der Waals surface area contributed by atoms with Gasteiger partial charge in [-0.15, -0.1) is 0 Å². The second-order valence-corrected chi connectivity index (χ2v) is 8.99. The molecule has 1 saturated heterocycles. The van der Waals surface area contributed by atoms with Gasteiger partial charge < -0.3 is 10.1 Å². The normalized spacial score (nSPS) is 16.0. The lowest BCUT2D eigenvalue weighted by molar-refractivity contribution is -0.192. The summed E-state index contributed by atoms with van der Waals surface area (Å²) in [7, 11) is 0. The Labute approximate surface area is 221 Å². The van der Waals surface area contributed by atoms with Crippen molar-refractivity contribution in [1.29, 1.82) is 0 Å². The molecular weight excluding hydrogens is 554 g/mol. The van der Waals surface area contributed by atoms with Gasteiger partial charge in [0.05, 0.1) is 28.7 Å². The van der Waals surface area contributed by atoms with Crippen LogP contribution >= 0.6 is 0 Å². The number of aliphatic carboxylic acids is 1. The van der Waals surface area contributed by atoms with Crippen LogP contribution in [0.3, 0.4) is 0 Å². The number of carboxylic acids is 1. The number of halogens is 8. The van der Waals surface area contributed by atoms with Gasteiger partial charge in [-0.25, -0.2) is 23.5 Å². The first-order valence-corrected chi connectivity index (χ1v) is 11.7. The van der Waals surface area contributed by atoms with Crippen LogP contribution in [-0.4, -0.2) is 60.5 Å². The number of rotatable bonds is 4. The van der Waals surface area contributed by atoms with Crippen LogP contribution in [0.25, 0.3) is 28.4 Å². The summed E-state index contributed by atoms with van der Waals surface area (Å²) in [5, 5.41) is 7.12. The van der Waals surface area contributed by atoms with E-state index in [1.165, 1.54) is 12.1 Å². The Morgan fingerprint density at radius 1 is 1.00 bits per heavy atom. The Morgan fingerprint density at radius 3 is 2.20 bits per heavy atom. The molecule has 0 aliphatic carbocycles. The minimum atomic E-state index is -5.08. The van der Waals surface area contributed by atoms with Crippen LogP contribution < -0.4 is 0 Å². The van der Waals surface area contributed by atoms with E-state index in [-0.39, 0.29) is 12.8 Å².